The summed E-state index contributed by atoms with van der Waals surface area (Å²) in [5.41, 5.74) is 1.18. The summed E-state index contributed by atoms with van der Waals surface area (Å²) >= 11 is 0. The Balaban J connectivity index is 1.87. The average Bonchev–Trinajstić information content (AvgIpc) is 2.88. The third-order valence-electron chi connectivity index (χ3n) is 2.50. The van der Waals surface area contributed by atoms with Crippen molar-refractivity contribution in [3.05, 3.63) is 30.1 Å². The molecule has 0 amide bonds. The molecule has 86 valence electrons. The van der Waals surface area contributed by atoms with Crippen molar-refractivity contribution in [3.63, 3.8) is 0 Å². The lowest BCUT2D eigenvalue weighted by atomic mass is 10.4. The fourth-order valence-corrected chi connectivity index (χ4v) is 1.56. The van der Waals surface area contributed by atoms with Gasteiger partial charge in [0.15, 0.2) is 0 Å². The summed E-state index contributed by atoms with van der Waals surface area (Å²) in [6, 6.07) is 2.02. The van der Waals surface area contributed by atoms with Crippen LogP contribution in [0, 0.1) is 0 Å². The second kappa shape index (κ2) is 4.89. The van der Waals surface area contributed by atoms with Crippen LogP contribution in [0.1, 0.15) is 18.4 Å². The minimum atomic E-state index is 0.714. The Labute approximate surface area is 94.3 Å². The van der Waals surface area contributed by atoms with E-state index in [-0.39, 0.29) is 0 Å². The average molecular weight is 220 g/mol. The van der Waals surface area contributed by atoms with Crippen LogP contribution in [0.4, 0.5) is 0 Å². The third-order valence-corrected chi connectivity index (χ3v) is 2.50. The summed E-state index contributed by atoms with van der Waals surface area (Å²) in [5, 5.41) is 15.4. The molecule has 0 bridgehead atoms. The van der Waals surface area contributed by atoms with E-state index in [1.54, 1.807) is 6.33 Å². The number of hydrogen-bond donors (Lipinski definition) is 1. The van der Waals surface area contributed by atoms with Gasteiger partial charge in [-0.3, -0.25) is 4.68 Å². The molecule has 0 aliphatic heterocycles. The van der Waals surface area contributed by atoms with Crippen molar-refractivity contribution in [2.75, 3.05) is 0 Å². The van der Waals surface area contributed by atoms with Crippen LogP contribution in [0.5, 0.6) is 0 Å². The van der Waals surface area contributed by atoms with Gasteiger partial charge in [0.2, 0.25) is 0 Å². The summed E-state index contributed by atoms with van der Waals surface area (Å²) in [7, 11) is 1.94. The standard InChI is InChI=1S/C10H16N6/c1-3-16-9(4-5-13-16)6-11-7-10-14-12-8-15(10)2/h4-5,8,11H,3,6-7H2,1-2H3. The monoisotopic (exact) mass is 220 g/mol. The molecule has 0 fully saturated rings. The van der Waals surface area contributed by atoms with Crippen molar-refractivity contribution in [2.24, 2.45) is 7.05 Å². The summed E-state index contributed by atoms with van der Waals surface area (Å²) in [5.74, 6) is 0.933. The highest BCUT2D eigenvalue weighted by Gasteiger charge is 2.02. The number of hydrogen-bond acceptors (Lipinski definition) is 4. The molecule has 0 aromatic carbocycles. The predicted molar refractivity (Wildman–Crippen MR) is 59.4 cm³/mol. The topological polar surface area (TPSA) is 60.6 Å². The Morgan fingerprint density at radius 2 is 2.25 bits per heavy atom. The maximum absolute atomic E-state index is 4.21. The van der Waals surface area contributed by atoms with Crippen LogP contribution in [0.3, 0.4) is 0 Å². The Bertz CT molecular complexity index is 444. The Morgan fingerprint density at radius 3 is 2.94 bits per heavy atom. The summed E-state index contributed by atoms with van der Waals surface area (Å²) < 4.78 is 3.88. The largest absolute Gasteiger partial charge is 0.320 e. The molecule has 2 rings (SSSR count). The van der Waals surface area contributed by atoms with Crippen LogP contribution in [-0.4, -0.2) is 24.5 Å². The smallest absolute Gasteiger partial charge is 0.146 e. The summed E-state index contributed by atoms with van der Waals surface area (Å²) in [6.45, 7) is 4.49. The second-order valence-electron chi connectivity index (χ2n) is 3.60. The summed E-state index contributed by atoms with van der Waals surface area (Å²) in [6.07, 6.45) is 3.52. The molecule has 0 atom stereocenters. The van der Waals surface area contributed by atoms with Gasteiger partial charge < -0.3 is 9.88 Å². The first-order chi connectivity index (χ1) is 7.81. The Kier molecular flexibility index (Phi) is 3.31. The van der Waals surface area contributed by atoms with Crippen molar-refractivity contribution in [3.8, 4) is 0 Å². The molecular weight excluding hydrogens is 204 g/mol. The molecule has 6 nitrogen and oxygen atoms in total. The van der Waals surface area contributed by atoms with Gasteiger partial charge in [0.25, 0.3) is 0 Å². The van der Waals surface area contributed by atoms with Crippen molar-refractivity contribution in [1.29, 1.82) is 0 Å². The molecule has 0 aliphatic rings. The molecule has 2 heterocycles. The number of nitrogens with one attached hydrogen (secondary N) is 1. The minimum Gasteiger partial charge on any atom is -0.320 e. The fourth-order valence-electron chi connectivity index (χ4n) is 1.56. The number of aryl methyl sites for hydroxylation is 2. The molecule has 2 aromatic heterocycles. The van der Waals surface area contributed by atoms with Gasteiger partial charge in [-0.1, -0.05) is 0 Å². The fraction of sp³-hybridized carbons (Fsp3) is 0.500. The van der Waals surface area contributed by atoms with Crippen molar-refractivity contribution in [1.82, 2.24) is 29.9 Å². The van der Waals surface area contributed by atoms with Gasteiger partial charge in [0, 0.05) is 26.3 Å². The van der Waals surface area contributed by atoms with Crippen LogP contribution < -0.4 is 5.32 Å². The van der Waals surface area contributed by atoms with E-state index in [1.807, 2.05) is 28.6 Å². The SMILES string of the molecule is CCn1nccc1CNCc1nncn1C. The van der Waals surface area contributed by atoms with Gasteiger partial charge in [-0.05, 0) is 13.0 Å². The number of aromatic nitrogens is 5. The number of rotatable bonds is 5. The van der Waals surface area contributed by atoms with E-state index in [0.717, 1.165) is 18.9 Å². The lowest BCUT2D eigenvalue weighted by Crippen LogP contribution is -2.18. The quantitative estimate of drug-likeness (QED) is 0.788. The van der Waals surface area contributed by atoms with Gasteiger partial charge in [0.1, 0.15) is 12.2 Å². The van der Waals surface area contributed by atoms with Crippen LogP contribution >= 0.6 is 0 Å². The maximum Gasteiger partial charge on any atom is 0.146 e. The zero-order valence-electron chi connectivity index (χ0n) is 9.59. The molecule has 16 heavy (non-hydrogen) atoms. The zero-order chi connectivity index (χ0) is 11.4. The first kappa shape index (κ1) is 10.8. The molecule has 0 aliphatic carbocycles. The molecule has 1 N–H and O–H groups in total. The van der Waals surface area contributed by atoms with Crippen LogP contribution in [0.15, 0.2) is 18.6 Å². The van der Waals surface area contributed by atoms with Crippen LogP contribution in [0.2, 0.25) is 0 Å². The highest BCUT2D eigenvalue weighted by Crippen LogP contribution is 1.99. The number of nitrogens with zero attached hydrogens (tertiary/aromatic N) is 5. The molecule has 2 aromatic rings. The van der Waals surface area contributed by atoms with E-state index in [2.05, 4.69) is 27.5 Å². The van der Waals surface area contributed by atoms with E-state index >= 15 is 0 Å². The first-order valence-electron chi connectivity index (χ1n) is 5.35. The van der Waals surface area contributed by atoms with E-state index in [0.29, 0.717) is 6.54 Å². The Morgan fingerprint density at radius 1 is 1.38 bits per heavy atom. The molecule has 0 unspecified atom stereocenters. The highest BCUT2D eigenvalue weighted by atomic mass is 15.3. The predicted octanol–water partition coefficient (Wildman–Crippen LogP) is 0.321. The second-order valence-corrected chi connectivity index (χ2v) is 3.60. The first-order valence-corrected chi connectivity index (χ1v) is 5.35. The van der Waals surface area contributed by atoms with Crippen LogP contribution in [-0.2, 0) is 26.7 Å². The van der Waals surface area contributed by atoms with Gasteiger partial charge in [0.05, 0.1) is 12.2 Å². The van der Waals surface area contributed by atoms with Gasteiger partial charge >= 0.3 is 0 Å². The summed E-state index contributed by atoms with van der Waals surface area (Å²) in [4.78, 5) is 0. The van der Waals surface area contributed by atoms with E-state index < -0.39 is 0 Å². The van der Waals surface area contributed by atoms with Crippen molar-refractivity contribution in [2.45, 2.75) is 26.6 Å². The van der Waals surface area contributed by atoms with Gasteiger partial charge in [-0.15, -0.1) is 10.2 Å². The van der Waals surface area contributed by atoms with Gasteiger partial charge in [-0.25, -0.2) is 0 Å². The molecule has 0 saturated heterocycles. The Hall–Kier alpha value is -1.69. The maximum atomic E-state index is 4.21. The zero-order valence-corrected chi connectivity index (χ0v) is 9.59. The molecule has 0 spiro atoms. The van der Waals surface area contributed by atoms with Crippen LogP contribution in [0.25, 0.3) is 0 Å². The molecular formula is C10H16N6. The highest BCUT2D eigenvalue weighted by molar-refractivity contribution is 5.00. The van der Waals surface area contributed by atoms with E-state index in [9.17, 15) is 0 Å². The van der Waals surface area contributed by atoms with E-state index in [1.165, 1.54) is 5.69 Å². The lowest BCUT2D eigenvalue weighted by Gasteiger charge is -2.06. The van der Waals surface area contributed by atoms with Crippen molar-refractivity contribution >= 4 is 0 Å². The molecule has 6 heteroatoms. The molecule has 0 saturated carbocycles. The minimum absolute atomic E-state index is 0.714. The third kappa shape index (κ3) is 2.27. The normalized spacial score (nSPS) is 10.9. The van der Waals surface area contributed by atoms with E-state index in [4.69, 9.17) is 0 Å². The van der Waals surface area contributed by atoms with Gasteiger partial charge in [-0.2, -0.15) is 5.10 Å². The van der Waals surface area contributed by atoms with Crippen molar-refractivity contribution < 1.29 is 0 Å². The lowest BCUT2D eigenvalue weighted by molar-refractivity contribution is 0.568. The molecule has 0 radical (unpaired) electrons.